The molecule has 180 valence electrons. The lowest BCUT2D eigenvalue weighted by Gasteiger charge is -2.16. The standard InChI is InChI=1S/C24H22F2N6O3/c1-3-18(27-21(33)11-14-9-16(25)12-17(26)10-14)23(34)28-20-13-19-24(35-2)30-29-22(32(19)31-20)15-7-5-4-6-8-15/h4-10,12-13,18H,3,11H2,1-2H3,(H,27,33)(H,28,31,34)/t18-/m0/s1. The lowest BCUT2D eigenvalue weighted by Crippen LogP contribution is -2.44. The van der Waals surface area contributed by atoms with E-state index in [9.17, 15) is 18.4 Å². The smallest absolute Gasteiger partial charge is 0.259 e. The number of ether oxygens (including phenoxy) is 1. The minimum absolute atomic E-state index is 0.163. The van der Waals surface area contributed by atoms with Crippen LogP contribution in [0.5, 0.6) is 5.88 Å². The molecule has 1 atom stereocenters. The molecule has 35 heavy (non-hydrogen) atoms. The normalized spacial score (nSPS) is 11.8. The van der Waals surface area contributed by atoms with Crippen LogP contribution in [0.1, 0.15) is 18.9 Å². The maximum absolute atomic E-state index is 13.4. The summed E-state index contributed by atoms with van der Waals surface area (Å²) in [4.78, 5) is 25.3. The largest absolute Gasteiger partial charge is 0.478 e. The summed E-state index contributed by atoms with van der Waals surface area (Å²) in [5.74, 6) is -1.73. The van der Waals surface area contributed by atoms with E-state index in [1.807, 2.05) is 30.3 Å². The predicted octanol–water partition coefficient (Wildman–Crippen LogP) is 3.15. The Bertz CT molecular complexity index is 1360. The summed E-state index contributed by atoms with van der Waals surface area (Å²) in [7, 11) is 1.45. The number of amides is 2. The number of aromatic nitrogens is 4. The third-order valence-electron chi connectivity index (χ3n) is 5.19. The molecule has 0 aliphatic carbocycles. The van der Waals surface area contributed by atoms with Crippen molar-refractivity contribution in [3.63, 3.8) is 0 Å². The van der Waals surface area contributed by atoms with E-state index in [4.69, 9.17) is 4.74 Å². The first-order valence-corrected chi connectivity index (χ1v) is 10.8. The van der Waals surface area contributed by atoms with Crippen molar-refractivity contribution in [3.8, 4) is 17.3 Å². The van der Waals surface area contributed by atoms with Crippen molar-refractivity contribution in [2.75, 3.05) is 12.4 Å². The molecule has 2 amide bonds. The zero-order valence-electron chi connectivity index (χ0n) is 19.0. The van der Waals surface area contributed by atoms with Gasteiger partial charge in [0.1, 0.15) is 23.2 Å². The van der Waals surface area contributed by atoms with E-state index >= 15 is 0 Å². The number of benzene rings is 2. The minimum atomic E-state index is -0.891. The highest BCUT2D eigenvalue weighted by atomic mass is 19.1. The van der Waals surface area contributed by atoms with Crippen LogP contribution >= 0.6 is 0 Å². The average molecular weight is 480 g/mol. The lowest BCUT2D eigenvalue weighted by molar-refractivity contribution is -0.126. The number of anilines is 1. The first kappa shape index (κ1) is 23.7. The molecule has 2 aromatic heterocycles. The molecule has 0 saturated heterocycles. The van der Waals surface area contributed by atoms with Crippen LogP contribution in [0.25, 0.3) is 16.9 Å². The molecule has 9 nitrogen and oxygen atoms in total. The van der Waals surface area contributed by atoms with Crippen molar-refractivity contribution >= 4 is 23.1 Å². The van der Waals surface area contributed by atoms with Gasteiger partial charge in [-0.2, -0.15) is 0 Å². The first-order chi connectivity index (χ1) is 16.9. The molecular weight excluding hydrogens is 458 g/mol. The van der Waals surface area contributed by atoms with Crippen LogP contribution in [0.4, 0.5) is 14.6 Å². The fourth-order valence-electron chi connectivity index (χ4n) is 3.57. The number of fused-ring (bicyclic) bond motifs is 1. The van der Waals surface area contributed by atoms with E-state index in [1.165, 1.54) is 11.6 Å². The molecule has 0 radical (unpaired) electrons. The fourth-order valence-corrected chi connectivity index (χ4v) is 3.57. The lowest BCUT2D eigenvalue weighted by atomic mass is 10.1. The maximum Gasteiger partial charge on any atom is 0.259 e. The van der Waals surface area contributed by atoms with E-state index in [2.05, 4.69) is 25.9 Å². The van der Waals surface area contributed by atoms with E-state index in [1.54, 1.807) is 13.0 Å². The quantitative estimate of drug-likeness (QED) is 0.401. The molecule has 0 fully saturated rings. The average Bonchev–Trinajstić information content (AvgIpc) is 3.25. The highest BCUT2D eigenvalue weighted by Gasteiger charge is 2.22. The number of rotatable bonds is 8. The number of methoxy groups -OCH3 is 1. The monoisotopic (exact) mass is 480 g/mol. The van der Waals surface area contributed by atoms with Gasteiger partial charge in [-0.25, -0.2) is 13.3 Å². The first-order valence-electron chi connectivity index (χ1n) is 10.8. The Kier molecular flexibility index (Phi) is 6.95. The van der Waals surface area contributed by atoms with Crippen LogP contribution in [0, 0.1) is 11.6 Å². The molecule has 0 saturated carbocycles. The zero-order valence-corrected chi connectivity index (χ0v) is 19.0. The molecule has 4 rings (SSSR count). The molecule has 0 aliphatic rings. The Morgan fingerprint density at radius 3 is 2.43 bits per heavy atom. The number of nitrogens with one attached hydrogen (secondary N) is 2. The van der Waals surface area contributed by atoms with Crippen molar-refractivity contribution in [1.82, 2.24) is 25.1 Å². The molecule has 0 aliphatic heterocycles. The molecular formula is C24H22F2N6O3. The number of nitrogens with zero attached hydrogens (tertiary/aromatic N) is 4. The second-order valence-electron chi connectivity index (χ2n) is 7.70. The van der Waals surface area contributed by atoms with Crippen molar-refractivity contribution in [3.05, 3.63) is 71.8 Å². The molecule has 0 unspecified atom stereocenters. The molecule has 2 heterocycles. The molecule has 2 N–H and O–H groups in total. The molecule has 0 spiro atoms. The van der Waals surface area contributed by atoms with Crippen LogP contribution in [-0.2, 0) is 16.0 Å². The van der Waals surface area contributed by atoms with Gasteiger partial charge in [-0.15, -0.1) is 15.3 Å². The fraction of sp³-hybridized carbons (Fsp3) is 0.208. The van der Waals surface area contributed by atoms with Crippen LogP contribution in [-0.4, -0.2) is 44.8 Å². The SMILES string of the molecule is CC[C@H](NC(=O)Cc1cc(F)cc(F)c1)C(=O)Nc1cc2c(OC)nnc(-c3ccccc3)n2n1. The van der Waals surface area contributed by atoms with Gasteiger partial charge in [-0.05, 0) is 24.1 Å². The highest BCUT2D eigenvalue weighted by Crippen LogP contribution is 2.25. The predicted molar refractivity (Wildman–Crippen MR) is 124 cm³/mol. The summed E-state index contributed by atoms with van der Waals surface area (Å²) in [6, 6.07) is 12.8. The van der Waals surface area contributed by atoms with E-state index in [-0.39, 0.29) is 30.1 Å². The van der Waals surface area contributed by atoms with Crippen molar-refractivity contribution < 1.29 is 23.1 Å². The summed E-state index contributed by atoms with van der Waals surface area (Å²) in [5.41, 5.74) is 1.42. The van der Waals surface area contributed by atoms with Gasteiger partial charge in [0.05, 0.1) is 13.5 Å². The Balaban J connectivity index is 1.52. The van der Waals surface area contributed by atoms with Crippen molar-refractivity contribution in [1.29, 1.82) is 0 Å². The Morgan fingerprint density at radius 2 is 1.77 bits per heavy atom. The number of carbonyl (C=O) groups is 2. The van der Waals surface area contributed by atoms with Gasteiger partial charge in [0.2, 0.25) is 11.8 Å². The van der Waals surface area contributed by atoms with E-state index in [0.29, 0.717) is 11.3 Å². The van der Waals surface area contributed by atoms with Gasteiger partial charge >= 0.3 is 0 Å². The number of carbonyl (C=O) groups excluding carboxylic acids is 2. The summed E-state index contributed by atoms with van der Waals surface area (Å²) in [5, 5.41) is 18.0. The summed E-state index contributed by atoms with van der Waals surface area (Å²) in [6.07, 6.45) is 0.00590. The number of hydrogen-bond acceptors (Lipinski definition) is 6. The zero-order chi connectivity index (χ0) is 24.9. The number of halogens is 2. The van der Waals surface area contributed by atoms with Gasteiger partial charge in [0.25, 0.3) is 5.88 Å². The minimum Gasteiger partial charge on any atom is -0.478 e. The maximum atomic E-state index is 13.4. The van der Waals surface area contributed by atoms with Gasteiger partial charge in [-0.1, -0.05) is 37.3 Å². The topological polar surface area (TPSA) is 111 Å². The van der Waals surface area contributed by atoms with E-state index in [0.717, 1.165) is 23.8 Å². The Labute approximate surface area is 199 Å². The molecule has 2 aromatic carbocycles. The Morgan fingerprint density at radius 1 is 1.06 bits per heavy atom. The van der Waals surface area contributed by atoms with Crippen LogP contribution in [0.2, 0.25) is 0 Å². The van der Waals surface area contributed by atoms with Gasteiger partial charge in [-0.3, -0.25) is 9.59 Å². The van der Waals surface area contributed by atoms with Gasteiger partial charge in [0.15, 0.2) is 11.6 Å². The second-order valence-corrected chi connectivity index (χ2v) is 7.70. The van der Waals surface area contributed by atoms with Crippen LogP contribution in [0.3, 0.4) is 0 Å². The van der Waals surface area contributed by atoms with Crippen LogP contribution < -0.4 is 15.4 Å². The second kappa shape index (κ2) is 10.2. The van der Waals surface area contributed by atoms with Crippen molar-refractivity contribution in [2.24, 2.45) is 0 Å². The van der Waals surface area contributed by atoms with Crippen LogP contribution in [0.15, 0.2) is 54.6 Å². The van der Waals surface area contributed by atoms with Crippen molar-refractivity contribution in [2.45, 2.75) is 25.8 Å². The van der Waals surface area contributed by atoms with Gasteiger partial charge in [0, 0.05) is 17.7 Å². The summed E-state index contributed by atoms with van der Waals surface area (Å²) in [6.45, 7) is 1.72. The summed E-state index contributed by atoms with van der Waals surface area (Å²) >= 11 is 0. The third kappa shape index (κ3) is 5.40. The highest BCUT2D eigenvalue weighted by molar-refractivity contribution is 5.97. The summed E-state index contributed by atoms with van der Waals surface area (Å²) < 4.78 is 33.6. The third-order valence-corrected chi connectivity index (χ3v) is 5.19. The Hall–Kier alpha value is -4.41. The molecule has 11 heteroatoms. The number of hydrogen-bond donors (Lipinski definition) is 2. The molecule has 4 aromatic rings. The molecule has 0 bridgehead atoms. The van der Waals surface area contributed by atoms with Gasteiger partial charge < -0.3 is 15.4 Å². The van der Waals surface area contributed by atoms with E-state index < -0.39 is 29.5 Å².